The van der Waals surface area contributed by atoms with Gasteiger partial charge in [-0.15, -0.1) is 0 Å². The van der Waals surface area contributed by atoms with Crippen LogP contribution in [0.2, 0.25) is 0 Å². The molecule has 0 aliphatic heterocycles. The quantitative estimate of drug-likeness (QED) is 0.784. The van der Waals surface area contributed by atoms with Crippen LogP contribution in [0.5, 0.6) is 5.75 Å². The first-order valence-electron chi connectivity index (χ1n) is 7.84. The molecule has 4 nitrogen and oxygen atoms in total. The van der Waals surface area contributed by atoms with Gasteiger partial charge in [-0.1, -0.05) is 27.7 Å². The number of carbonyl (C=O) groups excluding carboxylic acids is 1. The van der Waals surface area contributed by atoms with Crippen molar-refractivity contribution in [2.45, 2.75) is 46.8 Å². The molecule has 4 heteroatoms. The van der Waals surface area contributed by atoms with Crippen molar-refractivity contribution >= 4 is 16.8 Å². The predicted octanol–water partition coefficient (Wildman–Crippen LogP) is 4.04. The summed E-state index contributed by atoms with van der Waals surface area (Å²) >= 11 is 0. The molecular weight excluding hydrogens is 278 g/mol. The normalized spacial score (nSPS) is 13.0. The molecular formula is C18H25NO3. The van der Waals surface area contributed by atoms with E-state index in [0.717, 1.165) is 17.7 Å². The lowest BCUT2D eigenvalue weighted by Gasteiger charge is -2.17. The molecule has 0 saturated heterocycles. The molecule has 1 aromatic carbocycles. The molecule has 2 rings (SSSR count). The molecule has 0 spiro atoms. The Balaban J connectivity index is 2.11. The van der Waals surface area contributed by atoms with Crippen LogP contribution in [0, 0.1) is 5.92 Å². The molecule has 0 aliphatic carbocycles. The van der Waals surface area contributed by atoms with Gasteiger partial charge in [0.15, 0.2) is 5.76 Å². The topological polar surface area (TPSA) is 51.5 Å². The molecule has 0 saturated carbocycles. The third-order valence-corrected chi connectivity index (χ3v) is 3.41. The van der Waals surface area contributed by atoms with Crippen LogP contribution in [-0.4, -0.2) is 24.5 Å². The fourth-order valence-electron chi connectivity index (χ4n) is 2.18. The third-order valence-electron chi connectivity index (χ3n) is 3.41. The van der Waals surface area contributed by atoms with E-state index < -0.39 is 0 Å². The number of benzene rings is 1. The molecule has 0 amide bonds. The Bertz CT molecular complexity index is 643. The number of fused-ring (bicyclic) bond motifs is 1. The van der Waals surface area contributed by atoms with Gasteiger partial charge in [0.2, 0.25) is 5.78 Å². The highest BCUT2D eigenvalue weighted by atomic mass is 16.5. The van der Waals surface area contributed by atoms with Gasteiger partial charge in [0.1, 0.15) is 17.4 Å². The van der Waals surface area contributed by atoms with E-state index in [9.17, 15) is 4.79 Å². The van der Waals surface area contributed by atoms with Crippen molar-refractivity contribution in [3.63, 3.8) is 0 Å². The zero-order valence-electron chi connectivity index (χ0n) is 14.0. The molecule has 1 atom stereocenters. The minimum atomic E-state index is -0.0709. The Morgan fingerprint density at radius 2 is 1.91 bits per heavy atom. The second-order valence-corrected chi connectivity index (χ2v) is 6.32. The van der Waals surface area contributed by atoms with Crippen molar-refractivity contribution in [3.8, 4) is 5.75 Å². The van der Waals surface area contributed by atoms with Crippen LogP contribution in [0.1, 0.15) is 45.2 Å². The number of carbonyl (C=O) groups is 1. The van der Waals surface area contributed by atoms with Crippen LogP contribution in [-0.2, 0) is 0 Å². The molecule has 0 bridgehead atoms. The average Bonchev–Trinajstić information content (AvgIpc) is 2.87. The van der Waals surface area contributed by atoms with Gasteiger partial charge in [-0.2, -0.15) is 0 Å². The van der Waals surface area contributed by atoms with Gasteiger partial charge < -0.3 is 14.5 Å². The van der Waals surface area contributed by atoms with E-state index in [0.29, 0.717) is 17.4 Å². The summed E-state index contributed by atoms with van der Waals surface area (Å²) in [5, 5.41) is 4.24. The molecule has 0 fully saturated rings. The van der Waals surface area contributed by atoms with E-state index in [1.807, 2.05) is 39.0 Å². The zero-order chi connectivity index (χ0) is 16.3. The van der Waals surface area contributed by atoms with E-state index in [2.05, 4.69) is 19.2 Å². The summed E-state index contributed by atoms with van der Waals surface area (Å²) in [7, 11) is 0. The number of furan rings is 1. The first kappa shape index (κ1) is 16.6. The zero-order valence-corrected chi connectivity index (χ0v) is 14.0. The minimum Gasteiger partial charge on any atom is -0.489 e. The molecule has 22 heavy (non-hydrogen) atoms. The summed E-state index contributed by atoms with van der Waals surface area (Å²) in [6.07, 6.45) is 0.0727. The van der Waals surface area contributed by atoms with Gasteiger partial charge in [0, 0.05) is 23.9 Å². The number of rotatable bonds is 7. The first-order valence-corrected chi connectivity index (χ1v) is 7.84. The minimum absolute atomic E-state index is 0.0215. The van der Waals surface area contributed by atoms with Gasteiger partial charge >= 0.3 is 0 Å². The second kappa shape index (κ2) is 6.97. The number of ether oxygens (including phenoxy) is 1. The van der Waals surface area contributed by atoms with E-state index in [4.69, 9.17) is 9.15 Å². The van der Waals surface area contributed by atoms with Crippen LogP contribution < -0.4 is 10.1 Å². The highest BCUT2D eigenvalue weighted by Crippen LogP contribution is 2.26. The van der Waals surface area contributed by atoms with Crippen LogP contribution >= 0.6 is 0 Å². The Morgan fingerprint density at radius 1 is 1.18 bits per heavy atom. The summed E-state index contributed by atoms with van der Waals surface area (Å²) in [6, 6.07) is 7.88. The van der Waals surface area contributed by atoms with E-state index in [-0.39, 0.29) is 17.8 Å². The standard InChI is InChI=1S/C18H25NO3/c1-11(2)18(20)17-9-14-8-15(6-7-16(14)22-17)21-13(5)10-19-12(3)4/h6-9,11-13,19H,10H2,1-5H3/t13-/m0/s1. The molecule has 1 N–H and O–H groups in total. The Morgan fingerprint density at radius 3 is 2.55 bits per heavy atom. The van der Waals surface area contributed by atoms with Crippen molar-refractivity contribution in [2.75, 3.05) is 6.54 Å². The van der Waals surface area contributed by atoms with Crippen molar-refractivity contribution < 1.29 is 13.9 Å². The Hall–Kier alpha value is -1.81. The second-order valence-electron chi connectivity index (χ2n) is 6.32. The molecule has 1 aromatic heterocycles. The largest absolute Gasteiger partial charge is 0.489 e. The maximum Gasteiger partial charge on any atom is 0.200 e. The summed E-state index contributed by atoms with van der Waals surface area (Å²) < 4.78 is 11.5. The summed E-state index contributed by atoms with van der Waals surface area (Å²) in [6.45, 7) is 10.8. The third kappa shape index (κ3) is 4.10. The lowest BCUT2D eigenvalue weighted by molar-refractivity contribution is 0.0913. The van der Waals surface area contributed by atoms with Crippen molar-refractivity contribution in [1.29, 1.82) is 0 Å². The summed E-state index contributed by atoms with van der Waals surface area (Å²) in [5.41, 5.74) is 0.712. The maximum atomic E-state index is 12.0. The predicted molar refractivity (Wildman–Crippen MR) is 88.6 cm³/mol. The molecule has 0 aliphatic rings. The number of nitrogens with one attached hydrogen (secondary N) is 1. The smallest absolute Gasteiger partial charge is 0.200 e. The van der Waals surface area contributed by atoms with Gasteiger partial charge in [0.05, 0.1) is 0 Å². The first-order chi connectivity index (χ1) is 10.4. The maximum absolute atomic E-state index is 12.0. The summed E-state index contributed by atoms with van der Waals surface area (Å²) in [5.74, 6) is 1.15. The highest BCUT2D eigenvalue weighted by molar-refractivity contribution is 5.98. The lowest BCUT2D eigenvalue weighted by atomic mass is 10.1. The Kier molecular flexibility index (Phi) is 5.24. The monoisotopic (exact) mass is 303 g/mol. The van der Waals surface area contributed by atoms with E-state index >= 15 is 0 Å². The van der Waals surface area contributed by atoms with Gasteiger partial charge in [-0.25, -0.2) is 0 Å². The van der Waals surface area contributed by atoms with Crippen LogP contribution in [0.4, 0.5) is 0 Å². The van der Waals surface area contributed by atoms with E-state index in [1.165, 1.54) is 0 Å². The van der Waals surface area contributed by atoms with Crippen LogP contribution in [0.25, 0.3) is 11.0 Å². The fraction of sp³-hybridized carbons (Fsp3) is 0.500. The average molecular weight is 303 g/mol. The molecule has 1 heterocycles. The van der Waals surface area contributed by atoms with Crippen molar-refractivity contribution in [3.05, 3.63) is 30.0 Å². The molecule has 0 unspecified atom stereocenters. The van der Waals surface area contributed by atoms with E-state index in [1.54, 1.807) is 6.07 Å². The molecule has 0 radical (unpaired) electrons. The SMILES string of the molecule is CC(C)NC[C@H](C)Oc1ccc2oc(C(=O)C(C)C)cc2c1. The van der Waals surface area contributed by atoms with Crippen LogP contribution in [0.15, 0.2) is 28.7 Å². The lowest BCUT2D eigenvalue weighted by Crippen LogP contribution is -2.33. The Labute approximate surface area is 131 Å². The van der Waals surface area contributed by atoms with Gasteiger partial charge in [-0.05, 0) is 31.2 Å². The van der Waals surface area contributed by atoms with Crippen molar-refractivity contribution in [1.82, 2.24) is 5.32 Å². The number of Topliss-reactive ketones (excluding diaryl/α,β-unsaturated/α-hetero) is 1. The number of hydrogen-bond donors (Lipinski definition) is 1. The molecule has 2 aromatic rings. The highest BCUT2D eigenvalue weighted by Gasteiger charge is 2.16. The number of ketones is 1. The van der Waals surface area contributed by atoms with Gasteiger partial charge in [-0.3, -0.25) is 4.79 Å². The fourth-order valence-corrected chi connectivity index (χ4v) is 2.18. The summed E-state index contributed by atoms with van der Waals surface area (Å²) in [4.78, 5) is 12.0. The van der Waals surface area contributed by atoms with Gasteiger partial charge in [0.25, 0.3) is 0 Å². The molecule has 120 valence electrons. The van der Waals surface area contributed by atoms with Crippen molar-refractivity contribution in [2.24, 2.45) is 5.92 Å². The van der Waals surface area contributed by atoms with Crippen LogP contribution in [0.3, 0.4) is 0 Å². The number of hydrogen-bond acceptors (Lipinski definition) is 4.